The summed E-state index contributed by atoms with van der Waals surface area (Å²) in [5.74, 6) is 2.30. The summed E-state index contributed by atoms with van der Waals surface area (Å²) in [7, 11) is 1.48. The van der Waals surface area contributed by atoms with Gasteiger partial charge in [0.25, 0.3) is 11.1 Å². The molecule has 0 atom stereocenters. The van der Waals surface area contributed by atoms with Crippen molar-refractivity contribution in [1.29, 1.82) is 0 Å². The van der Waals surface area contributed by atoms with Crippen LogP contribution >= 0.6 is 27.7 Å². The summed E-state index contributed by atoms with van der Waals surface area (Å²) in [5, 5.41) is -0.410. The van der Waals surface area contributed by atoms with E-state index in [4.69, 9.17) is 15.9 Å². The number of hydrogen-bond acceptors (Lipinski definition) is 5. The van der Waals surface area contributed by atoms with Crippen molar-refractivity contribution < 1.29 is 23.5 Å². The minimum absolute atomic E-state index is 0.0276. The average Bonchev–Trinajstić information content (AvgIpc) is 2.96. The van der Waals surface area contributed by atoms with Crippen molar-refractivity contribution in [3.63, 3.8) is 0 Å². The molecule has 1 aliphatic heterocycles. The number of carbonyl (C=O) groups is 2. The highest BCUT2D eigenvalue weighted by Crippen LogP contribution is 2.38. The Labute approximate surface area is 180 Å². The molecule has 148 valence electrons. The van der Waals surface area contributed by atoms with Gasteiger partial charge in [0, 0.05) is 10.0 Å². The number of terminal acetylenes is 1. The van der Waals surface area contributed by atoms with Crippen molar-refractivity contribution in [2.75, 3.05) is 13.7 Å². The highest BCUT2D eigenvalue weighted by Gasteiger charge is 2.34. The van der Waals surface area contributed by atoms with Gasteiger partial charge < -0.3 is 9.47 Å². The van der Waals surface area contributed by atoms with Crippen LogP contribution in [0.3, 0.4) is 0 Å². The minimum atomic E-state index is -0.441. The highest BCUT2D eigenvalue weighted by molar-refractivity contribution is 9.10. The van der Waals surface area contributed by atoms with Crippen molar-refractivity contribution in [1.82, 2.24) is 4.90 Å². The van der Waals surface area contributed by atoms with E-state index in [9.17, 15) is 14.0 Å². The zero-order chi connectivity index (χ0) is 21.0. The fourth-order valence-electron chi connectivity index (χ4n) is 2.57. The standard InChI is InChI=1S/C21H15BrFNO4S/c1-3-8-24-20(25)19(29-21(24)26)10-14-9-17(27-2)18(11-15(14)22)28-12-13-6-4-5-7-16(13)23/h1,4-7,9-11H,8,12H2,2H3. The predicted octanol–water partition coefficient (Wildman–Crippen LogP) is 4.85. The van der Waals surface area contributed by atoms with E-state index < -0.39 is 11.1 Å². The Morgan fingerprint density at radius 1 is 1.28 bits per heavy atom. The summed E-state index contributed by atoms with van der Waals surface area (Å²) in [6.45, 7) is -0.0465. The first-order valence-electron chi connectivity index (χ1n) is 8.37. The molecular weight excluding hydrogens is 461 g/mol. The normalized spacial score (nSPS) is 15.0. The molecule has 1 fully saturated rings. The van der Waals surface area contributed by atoms with Crippen molar-refractivity contribution in [2.45, 2.75) is 6.61 Å². The van der Waals surface area contributed by atoms with Crippen LogP contribution in [0.2, 0.25) is 0 Å². The number of imide groups is 1. The number of nitrogens with zero attached hydrogens (tertiary/aromatic N) is 1. The first-order chi connectivity index (χ1) is 13.9. The van der Waals surface area contributed by atoms with E-state index in [-0.39, 0.29) is 23.9 Å². The first kappa shape index (κ1) is 21.0. The molecule has 0 aromatic heterocycles. The van der Waals surface area contributed by atoms with Gasteiger partial charge in [0.05, 0.1) is 18.6 Å². The molecule has 1 aliphatic rings. The third-order valence-electron chi connectivity index (χ3n) is 4.03. The van der Waals surface area contributed by atoms with E-state index in [1.54, 1.807) is 36.4 Å². The lowest BCUT2D eigenvalue weighted by atomic mass is 10.1. The van der Waals surface area contributed by atoms with E-state index >= 15 is 0 Å². The van der Waals surface area contributed by atoms with Crippen LogP contribution in [-0.2, 0) is 11.4 Å². The number of thioether (sulfide) groups is 1. The van der Waals surface area contributed by atoms with Crippen molar-refractivity contribution in [2.24, 2.45) is 0 Å². The molecule has 8 heteroatoms. The average molecular weight is 476 g/mol. The van der Waals surface area contributed by atoms with E-state index in [1.807, 2.05) is 0 Å². The number of rotatable bonds is 6. The van der Waals surface area contributed by atoms with Crippen LogP contribution in [0, 0.1) is 18.2 Å². The van der Waals surface area contributed by atoms with Crippen molar-refractivity contribution >= 4 is 44.9 Å². The largest absolute Gasteiger partial charge is 0.493 e. The first-order valence-corrected chi connectivity index (χ1v) is 9.98. The Hall–Kier alpha value is -2.76. The highest BCUT2D eigenvalue weighted by atomic mass is 79.9. The maximum atomic E-state index is 13.8. The Balaban J connectivity index is 1.85. The molecule has 29 heavy (non-hydrogen) atoms. The Kier molecular flexibility index (Phi) is 6.62. The lowest BCUT2D eigenvalue weighted by Gasteiger charge is -2.13. The fraction of sp³-hybridized carbons (Fsp3) is 0.143. The molecule has 0 spiro atoms. The van der Waals surface area contributed by atoms with Crippen LogP contribution < -0.4 is 9.47 Å². The van der Waals surface area contributed by atoms with Gasteiger partial charge in [-0.1, -0.05) is 40.0 Å². The molecule has 1 saturated heterocycles. The lowest BCUT2D eigenvalue weighted by molar-refractivity contribution is -0.122. The van der Waals surface area contributed by atoms with E-state index in [1.165, 1.54) is 13.2 Å². The number of benzene rings is 2. The quantitative estimate of drug-likeness (QED) is 0.441. The number of carbonyl (C=O) groups excluding carboxylic acids is 2. The van der Waals surface area contributed by atoms with Crippen LogP contribution in [0.1, 0.15) is 11.1 Å². The number of ether oxygens (including phenoxy) is 2. The summed E-state index contributed by atoms with van der Waals surface area (Å²) in [5.41, 5.74) is 1.03. The van der Waals surface area contributed by atoms with Gasteiger partial charge in [0.1, 0.15) is 12.4 Å². The molecule has 0 bridgehead atoms. The molecular formula is C21H15BrFNO4S. The summed E-state index contributed by atoms with van der Waals surface area (Å²) < 4.78 is 25.5. The molecule has 3 rings (SSSR count). The van der Waals surface area contributed by atoms with Gasteiger partial charge in [-0.3, -0.25) is 14.5 Å². The zero-order valence-electron chi connectivity index (χ0n) is 15.3. The van der Waals surface area contributed by atoms with Gasteiger partial charge in [-0.2, -0.15) is 0 Å². The van der Waals surface area contributed by atoms with Gasteiger partial charge >= 0.3 is 0 Å². The minimum Gasteiger partial charge on any atom is -0.493 e. The molecule has 0 aliphatic carbocycles. The summed E-state index contributed by atoms with van der Waals surface area (Å²) in [6, 6.07) is 9.66. The van der Waals surface area contributed by atoms with Crippen LogP contribution in [-0.4, -0.2) is 29.7 Å². The Morgan fingerprint density at radius 3 is 2.72 bits per heavy atom. The molecule has 0 saturated carbocycles. The summed E-state index contributed by atoms with van der Waals surface area (Å²) in [6.07, 6.45) is 6.78. The molecule has 2 aromatic carbocycles. The summed E-state index contributed by atoms with van der Waals surface area (Å²) in [4.78, 5) is 25.5. The second-order valence-electron chi connectivity index (χ2n) is 5.88. The molecule has 0 radical (unpaired) electrons. The molecule has 2 amide bonds. The topological polar surface area (TPSA) is 55.8 Å². The Morgan fingerprint density at radius 2 is 2.03 bits per heavy atom. The number of methoxy groups -OCH3 is 1. The lowest BCUT2D eigenvalue weighted by Crippen LogP contribution is -2.28. The molecule has 1 heterocycles. The SMILES string of the molecule is C#CCN1C(=O)SC(=Cc2cc(OC)c(OCc3ccccc3F)cc2Br)C1=O. The van der Waals surface area contributed by atoms with Gasteiger partial charge in [-0.25, -0.2) is 4.39 Å². The van der Waals surface area contributed by atoms with Gasteiger partial charge in [0.2, 0.25) is 0 Å². The molecule has 0 N–H and O–H groups in total. The summed E-state index contributed by atoms with van der Waals surface area (Å²) >= 11 is 4.25. The van der Waals surface area contributed by atoms with Gasteiger partial charge in [-0.05, 0) is 41.6 Å². The van der Waals surface area contributed by atoms with Crippen molar-refractivity contribution in [3.8, 4) is 23.8 Å². The third kappa shape index (κ3) is 4.63. The van der Waals surface area contributed by atoms with Crippen molar-refractivity contribution in [3.05, 3.63) is 62.7 Å². The second-order valence-corrected chi connectivity index (χ2v) is 7.72. The number of halogens is 2. The predicted molar refractivity (Wildman–Crippen MR) is 113 cm³/mol. The second kappa shape index (κ2) is 9.16. The number of amides is 2. The number of hydrogen-bond donors (Lipinski definition) is 0. The van der Waals surface area contributed by atoms with Crippen LogP contribution in [0.5, 0.6) is 11.5 Å². The maximum absolute atomic E-state index is 13.8. The maximum Gasteiger partial charge on any atom is 0.294 e. The third-order valence-corrected chi connectivity index (χ3v) is 5.63. The van der Waals surface area contributed by atoms with Gasteiger partial charge in [0.15, 0.2) is 11.5 Å². The van der Waals surface area contributed by atoms with Crippen LogP contribution in [0.15, 0.2) is 45.8 Å². The monoisotopic (exact) mass is 475 g/mol. The Bertz CT molecular complexity index is 1050. The van der Waals surface area contributed by atoms with E-state index in [2.05, 4.69) is 21.9 Å². The van der Waals surface area contributed by atoms with Gasteiger partial charge in [-0.15, -0.1) is 6.42 Å². The van der Waals surface area contributed by atoms with Crippen LogP contribution in [0.4, 0.5) is 9.18 Å². The fourth-order valence-corrected chi connectivity index (χ4v) is 3.84. The van der Waals surface area contributed by atoms with Crippen LogP contribution in [0.25, 0.3) is 6.08 Å². The molecule has 2 aromatic rings. The molecule has 5 nitrogen and oxygen atoms in total. The van der Waals surface area contributed by atoms with E-state index in [0.29, 0.717) is 27.1 Å². The zero-order valence-corrected chi connectivity index (χ0v) is 17.7. The van der Waals surface area contributed by atoms with E-state index in [0.717, 1.165) is 16.7 Å². The molecule has 0 unspecified atom stereocenters. The smallest absolute Gasteiger partial charge is 0.294 e.